The molecular weight excluding hydrogens is 286 g/mol. The molecule has 90 valence electrons. The van der Waals surface area contributed by atoms with Gasteiger partial charge >= 0.3 is 0 Å². The summed E-state index contributed by atoms with van der Waals surface area (Å²) >= 11 is 16.7. The second-order valence-corrected chi connectivity index (χ2v) is 4.43. The van der Waals surface area contributed by atoms with Gasteiger partial charge < -0.3 is 5.11 Å². The van der Waals surface area contributed by atoms with Crippen LogP contribution in [0.3, 0.4) is 0 Å². The van der Waals surface area contributed by atoms with Crippen molar-refractivity contribution in [3.05, 3.63) is 39.4 Å². The zero-order valence-corrected chi connectivity index (χ0v) is 10.9. The maximum absolute atomic E-state index is 11.2. The number of aliphatic hydroxyl groups is 1. The summed E-state index contributed by atoms with van der Waals surface area (Å²) in [6.07, 6.45) is 0. The average molecular weight is 294 g/mol. The van der Waals surface area contributed by atoms with Crippen LogP contribution in [0.15, 0.2) is 23.8 Å². The first-order valence-corrected chi connectivity index (χ1v) is 5.56. The molecule has 0 unspecified atom stereocenters. The average Bonchev–Trinajstić information content (AvgIpc) is 2.14. The van der Waals surface area contributed by atoms with Crippen molar-refractivity contribution in [1.29, 1.82) is 0 Å². The zero-order valence-electron chi connectivity index (χ0n) is 8.63. The molecule has 0 aliphatic heterocycles. The Hall–Kier alpha value is -1.03. The molecule has 0 atom stereocenters. The molecule has 0 heterocycles. The molecule has 17 heavy (non-hydrogen) atoms. The fraction of sp³-hybridized carbons (Fsp3) is 0.0909. The number of ketones is 1. The molecule has 0 amide bonds. The molecule has 0 aromatic heterocycles. The van der Waals surface area contributed by atoms with Gasteiger partial charge in [0, 0.05) is 15.6 Å². The molecule has 0 spiro atoms. The van der Waals surface area contributed by atoms with Gasteiger partial charge in [0.05, 0.1) is 0 Å². The molecular formula is C11H7Cl3O3. The quantitative estimate of drug-likeness (QED) is 0.304. The van der Waals surface area contributed by atoms with Crippen molar-refractivity contribution in [3.8, 4) is 0 Å². The number of halogens is 3. The maximum atomic E-state index is 11.2. The van der Waals surface area contributed by atoms with E-state index in [0.29, 0.717) is 0 Å². The predicted octanol–water partition coefficient (Wildman–Crippen LogP) is 3.62. The van der Waals surface area contributed by atoms with Gasteiger partial charge in [-0.3, -0.25) is 9.59 Å². The number of benzene rings is 1. The van der Waals surface area contributed by atoms with Crippen LogP contribution in [0.25, 0.3) is 5.76 Å². The van der Waals surface area contributed by atoms with E-state index in [-0.39, 0.29) is 15.6 Å². The number of hydrogen-bond donors (Lipinski definition) is 1. The number of hydrogen-bond acceptors (Lipinski definition) is 3. The van der Waals surface area contributed by atoms with E-state index in [4.69, 9.17) is 34.8 Å². The number of carbonyl (C=O) groups excluding carboxylic acids is 2. The van der Waals surface area contributed by atoms with Crippen LogP contribution in [0.4, 0.5) is 0 Å². The SMILES string of the molecule is CC(=O)/C(C(=O)Cl)=C(\O)c1cc(Cl)cc(Cl)c1. The van der Waals surface area contributed by atoms with Crippen LogP contribution in [-0.2, 0) is 9.59 Å². The van der Waals surface area contributed by atoms with Crippen LogP contribution in [-0.4, -0.2) is 16.1 Å². The van der Waals surface area contributed by atoms with E-state index in [0.717, 1.165) is 6.92 Å². The van der Waals surface area contributed by atoms with Crippen LogP contribution in [0.5, 0.6) is 0 Å². The predicted molar refractivity (Wildman–Crippen MR) is 67.6 cm³/mol. The van der Waals surface area contributed by atoms with Crippen molar-refractivity contribution < 1.29 is 14.7 Å². The van der Waals surface area contributed by atoms with Crippen molar-refractivity contribution >= 4 is 51.6 Å². The maximum Gasteiger partial charge on any atom is 0.259 e. The molecule has 0 aliphatic carbocycles. The van der Waals surface area contributed by atoms with Crippen molar-refractivity contribution in [1.82, 2.24) is 0 Å². The third-order valence-electron chi connectivity index (χ3n) is 1.92. The van der Waals surface area contributed by atoms with Gasteiger partial charge in [0.2, 0.25) is 0 Å². The Morgan fingerprint density at radius 2 is 1.59 bits per heavy atom. The van der Waals surface area contributed by atoms with Crippen molar-refractivity contribution in [2.75, 3.05) is 0 Å². The van der Waals surface area contributed by atoms with Crippen LogP contribution in [0.2, 0.25) is 10.0 Å². The first-order valence-electron chi connectivity index (χ1n) is 4.43. The lowest BCUT2D eigenvalue weighted by molar-refractivity contribution is -0.117. The van der Waals surface area contributed by atoms with E-state index in [1.807, 2.05) is 0 Å². The molecule has 6 heteroatoms. The summed E-state index contributed by atoms with van der Waals surface area (Å²) in [5.74, 6) is -1.18. The monoisotopic (exact) mass is 292 g/mol. The Kier molecular flexibility index (Phi) is 4.57. The lowest BCUT2D eigenvalue weighted by atomic mass is 10.1. The number of rotatable bonds is 3. The van der Waals surface area contributed by atoms with Gasteiger partial charge in [-0.25, -0.2) is 0 Å². The molecule has 0 saturated heterocycles. The molecule has 0 radical (unpaired) electrons. The molecule has 1 aromatic carbocycles. The number of Topliss-reactive ketones (excluding diaryl/α,β-unsaturated/α-hetero) is 1. The van der Waals surface area contributed by atoms with Crippen LogP contribution in [0.1, 0.15) is 12.5 Å². The molecule has 1 rings (SSSR count). The summed E-state index contributed by atoms with van der Waals surface area (Å²) in [7, 11) is 0. The number of carbonyl (C=O) groups is 2. The van der Waals surface area contributed by atoms with Gasteiger partial charge in [-0.05, 0) is 36.7 Å². The minimum Gasteiger partial charge on any atom is -0.506 e. The Labute approximate surface area is 113 Å². The Bertz CT molecular complexity index is 484. The van der Waals surface area contributed by atoms with Crippen molar-refractivity contribution in [2.24, 2.45) is 0 Å². The summed E-state index contributed by atoms with van der Waals surface area (Å²) in [6.45, 7) is 1.12. The minimum absolute atomic E-state index is 0.154. The lowest BCUT2D eigenvalue weighted by Crippen LogP contribution is -2.07. The van der Waals surface area contributed by atoms with Gasteiger partial charge in [-0.15, -0.1) is 0 Å². The van der Waals surface area contributed by atoms with E-state index >= 15 is 0 Å². The van der Waals surface area contributed by atoms with E-state index in [1.54, 1.807) is 0 Å². The molecule has 0 saturated carbocycles. The molecule has 0 fully saturated rings. The Morgan fingerprint density at radius 1 is 1.12 bits per heavy atom. The highest BCUT2D eigenvalue weighted by Crippen LogP contribution is 2.25. The first kappa shape index (κ1) is 14.0. The lowest BCUT2D eigenvalue weighted by Gasteiger charge is -2.05. The summed E-state index contributed by atoms with van der Waals surface area (Å²) in [6, 6.07) is 4.19. The second-order valence-electron chi connectivity index (χ2n) is 3.21. The Morgan fingerprint density at radius 3 is 1.94 bits per heavy atom. The molecule has 1 N–H and O–H groups in total. The van der Waals surface area contributed by atoms with Crippen molar-refractivity contribution in [2.45, 2.75) is 6.92 Å². The van der Waals surface area contributed by atoms with E-state index in [1.165, 1.54) is 18.2 Å². The third kappa shape index (κ3) is 3.46. The van der Waals surface area contributed by atoms with Crippen LogP contribution < -0.4 is 0 Å². The molecule has 0 aliphatic rings. The fourth-order valence-electron chi connectivity index (χ4n) is 1.23. The normalized spacial score (nSPS) is 12.0. The fourth-order valence-corrected chi connectivity index (χ4v) is 1.98. The molecule has 0 bridgehead atoms. The molecule has 1 aromatic rings. The van der Waals surface area contributed by atoms with Gasteiger partial charge in [-0.1, -0.05) is 23.2 Å². The first-order chi connectivity index (χ1) is 7.82. The Balaban J connectivity index is 3.44. The summed E-state index contributed by atoms with van der Waals surface area (Å²) in [4.78, 5) is 22.2. The second kappa shape index (κ2) is 5.54. The minimum atomic E-state index is -1.04. The summed E-state index contributed by atoms with van der Waals surface area (Å²) in [5, 5.41) is 9.31. The smallest absolute Gasteiger partial charge is 0.259 e. The van der Waals surface area contributed by atoms with Gasteiger partial charge in [0.1, 0.15) is 11.3 Å². The zero-order chi connectivity index (χ0) is 13.2. The largest absolute Gasteiger partial charge is 0.506 e. The van der Waals surface area contributed by atoms with Gasteiger partial charge in [-0.2, -0.15) is 0 Å². The number of aliphatic hydroxyl groups excluding tert-OH is 1. The van der Waals surface area contributed by atoms with E-state index in [9.17, 15) is 14.7 Å². The van der Waals surface area contributed by atoms with Gasteiger partial charge in [0.15, 0.2) is 5.78 Å². The van der Waals surface area contributed by atoms with E-state index in [2.05, 4.69) is 0 Å². The summed E-state index contributed by atoms with van der Waals surface area (Å²) in [5.41, 5.74) is -0.341. The topological polar surface area (TPSA) is 54.4 Å². The highest BCUT2D eigenvalue weighted by atomic mass is 35.5. The van der Waals surface area contributed by atoms with Crippen molar-refractivity contribution in [3.63, 3.8) is 0 Å². The van der Waals surface area contributed by atoms with Crippen LogP contribution in [0, 0.1) is 0 Å². The van der Waals surface area contributed by atoms with Gasteiger partial charge in [0.25, 0.3) is 5.24 Å². The van der Waals surface area contributed by atoms with E-state index < -0.39 is 22.4 Å². The number of allylic oxidation sites excluding steroid dienone is 1. The molecule has 3 nitrogen and oxygen atoms in total. The third-order valence-corrected chi connectivity index (χ3v) is 2.55. The highest BCUT2D eigenvalue weighted by Gasteiger charge is 2.19. The highest BCUT2D eigenvalue weighted by molar-refractivity contribution is 6.71. The summed E-state index contributed by atoms with van der Waals surface area (Å²) < 4.78 is 0. The standard InChI is InChI=1S/C11H7Cl3O3/c1-5(15)9(11(14)17)10(16)6-2-7(12)4-8(13)3-6/h2-4,16H,1H3/b10-9+. The van der Waals surface area contributed by atoms with Crippen LogP contribution >= 0.6 is 34.8 Å².